The van der Waals surface area contributed by atoms with Gasteiger partial charge in [0.05, 0.1) is 29.9 Å². The first-order valence-electron chi connectivity index (χ1n) is 12.3. The highest BCUT2D eigenvalue weighted by molar-refractivity contribution is 5.95. The van der Waals surface area contributed by atoms with Gasteiger partial charge in [-0.05, 0) is 44.3 Å². The minimum atomic E-state index is 0.485. The van der Waals surface area contributed by atoms with Crippen LogP contribution in [0, 0.1) is 0 Å². The summed E-state index contributed by atoms with van der Waals surface area (Å²) < 4.78 is 7.84. The Balaban J connectivity index is 1.63. The van der Waals surface area contributed by atoms with E-state index in [9.17, 15) is 0 Å². The van der Waals surface area contributed by atoms with E-state index in [1.807, 2.05) is 25.2 Å². The highest BCUT2D eigenvalue weighted by atomic mass is 16.5. The normalized spacial score (nSPS) is 11.3. The molecule has 0 unspecified atom stereocenters. The van der Waals surface area contributed by atoms with E-state index < -0.39 is 0 Å². The number of methoxy groups -OCH3 is 1. The highest BCUT2D eigenvalue weighted by Gasteiger charge is 2.15. The van der Waals surface area contributed by atoms with Crippen molar-refractivity contribution < 1.29 is 4.74 Å². The third-order valence-corrected chi connectivity index (χ3v) is 6.41. The molecule has 8 nitrogen and oxygen atoms in total. The van der Waals surface area contributed by atoms with Gasteiger partial charge < -0.3 is 30.2 Å². The standard InChI is InChI=1S/C28H37N7O/c1-7-8-19-9-10-20-21(18-35(5)25(20)15-19)23-11-12-30-28(31-23)32-24-16-22(29)26(17-27(24)36-6)34(4)14-13-33(2)3/h9-12,15-18H,7-8,13-14,29H2,1-6H3,(H,30,31,32). The molecule has 0 fully saturated rings. The number of benzene rings is 2. The monoisotopic (exact) mass is 487 g/mol. The van der Waals surface area contributed by atoms with Gasteiger partial charge in [-0.3, -0.25) is 0 Å². The van der Waals surface area contributed by atoms with Crippen LogP contribution in [0.2, 0.25) is 0 Å². The van der Waals surface area contributed by atoms with Gasteiger partial charge in [-0.25, -0.2) is 9.97 Å². The topological polar surface area (TPSA) is 84.5 Å². The summed E-state index contributed by atoms with van der Waals surface area (Å²) in [4.78, 5) is 13.6. The first kappa shape index (κ1) is 25.3. The lowest BCUT2D eigenvalue weighted by Crippen LogP contribution is -2.29. The van der Waals surface area contributed by atoms with Crippen LogP contribution >= 0.6 is 0 Å². The second-order valence-electron chi connectivity index (χ2n) is 9.48. The molecule has 0 spiro atoms. The Morgan fingerprint density at radius 3 is 2.61 bits per heavy atom. The van der Waals surface area contributed by atoms with Gasteiger partial charge in [0.2, 0.25) is 5.95 Å². The Hall–Kier alpha value is -3.78. The largest absolute Gasteiger partial charge is 0.494 e. The maximum atomic E-state index is 6.43. The van der Waals surface area contributed by atoms with Gasteiger partial charge in [-0.15, -0.1) is 0 Å². The van der Waals surface area contributed by atoms with E-state index in [2.05, 4.69) is 77.1 Å². The molecule has 8 heteroatoms. The molecule has 0 aliphatic carbocycles. The summed E-state index contributed by atoms with van der Waals surface area (Å²) in [7, 11) is 9.87. The van der Waals surface area contributed by atoms with Gasteiger partial charge in [0.1, 0.15) is 5.75 Å². The van der Waals surface area contributed by atoms with Crippen molar-refractivity contribution in [2.24, 2.45) is 7.05 Å². The number of anilines is 4. The quantitative estimate of drug-likeness (QED) is 0.307. The molecule has 2 heterocycles. The van der Waals surface area contributed by atoms with Crippen molar-refractivity contribution in [2.75, 3.05) is 57.3 Å². The van der Waals surface area contributed by atoms with E-state index in [1.54, 1.807) is 13.3 Å². The number of aryl methyl sites for hydroxylation is 2. The Kier molecular flexibility index (Phi) is 7.64. The number of aromatic nitrogens is 3. The molecule has 3 N–H and O–H groups in total. The molecule has 0 atom stereocenters. The fourth-order valence-electron chi connectivity index (χ4n) is 4.42. The molecule has 0 aliphatic rings. The summed E-state index contributed by atoms with van der Waals surface area (Å²) in [6, 6.07) is 12.4. The van der Waals surface area contributed by atoms with Gasteiger partial charge in [0.25, 0.3) is 0 Å². The molecule has 36 heavy (non-hydrogen) atoms. The van der Waals surface area contributed by atoms with E-state index in [0.29, 0.717) is 17.4 Å². The van der Waals surface area contributed by atoms with Crippen LogP contribution in [0.25, 0.3) is 22.2 Å². The van der Waals surface area contributed by atoms with Crippen LogP contribution in [0.15, 0.2) is 48.8 Å². The summed E-state index contributed by atoms with van der Waals surface area (Å²) >= 11 is 0. The number of ether oxygens (including phenoxy) is 1. The summed E-state index contributed by atoms with van der Waals surface area (Å²) in [5.74, 6) is 1.16. The van der Waals surface area contributed by atoms with Gasteiger partial charge in [0, 0.05) is 62.1 Å². The lowest BCUT2D eigenvalue weighted by molar-refractivity contribution is 0.413. The number of hydrogen-bond donors (Lipinski definition) is 2. The Bertz CT molecular complexity index is 1350. The Morgan fingerprint density at radius 2 is 1.89 bits per heavy atom. The molecule has 0 saturated carbocycles. The van der Waals surface area contributed by atoms with Crippen molar-refractivity contribution in [3.8, 4) is 17.0 Å². The maximum absolute atomic E-state index is 6.43. The zero-order valence-corrected chi connectivity index (χ0v) is 22.2. The van der Waals surface area contributed by atoms with Crippen LogP contribution in [-0.2, 0) is 13.5 Å². The molecule has 190 valence electrons. The molecular formula is C28H37N7O. The van der Waals surface area contributed by atoms with Gasteiger partial charge in [-0.2, -0.15) is 0 Å². The molecule has 0 aliphatic heterocycles. The number of likely N-dealkylation sites (N-methyl/N-ethyl adjacent to an activating group) is 2. The molecule has 4 rings (SSSR count). The molecule has 2 aromatic heterocycles. The number of nitrogens with zero attached hydrogens (tertiary/aromatic N) is 5. The predicted molar refractivity (Wildman–Crippen MR) is 150 cm³/mol. The van der Waals surface area contributed by atoms with Crippen LogP contribution in [0.5, 0.6) is 5.75 Å². The molecule has 0 amide bonds. The van der Waals surface area contributed by atoms with Crippen LogP contribution < -0.4 is 20.7 Å². The van der Waals surface area contributed by atoms with Crippen LogP contribution in [0.3, 0.4) is 0 Å². The summed E-state index contributed by atoms with van der Waals surface area (Å²) in [6.45, 7) is 3.98. The maximum Gasteiger partial charge on any atom is 0.227 e. The molecule has 0 radical (unpaired) electrons. The Morgan fingerprint density at radius 1 is 1.08 bits per heavy atom. The zero-order chi connectivity index (χ0) is 25.8. The van der Waals surface area contributed by atoms with Crippen molar-refractivity contribution in [2.45, 2.75) is 19.8 Å². The minimum Gasteiger partial charge on any atom is -0.494 e. The lowest BCUT2D eigenvalue weighted by atomic mass is 10.1. The van der Waals surface area contributed by atoms with Crippen molar-refractivity contribution in [1.29, 1.82) is 0 Å². The van der Waals surface area contributed by atoms with E-state index in [1.165, 1.54) is 16.5 Å². The van der Waals surface area contributed by atoms with Gasteiger partial charge in [0.15, 0.2) is 0 Å². The fraction of sp³-hybridized carbons (Fsp3) is 0.357. The van der Waals surface area contributed by atoms with Gasteiger partial charge >= 0.3 is 0 Å². The fourth-order valence-corrected chi connectivity index (χ4v) is 4.42. The second-order valence-corrected chi connectivity index (χ2v) is 9.48. The van der Waals surface area contributed by atoms with Crippen LogP contribution in [0.4, 0.5) is 23.0 Å². The van der Waals surface area contributed by atoms with Crippen molar-refractivity contribution in [3.63, 3.8) is 0 Å². The number of nitrogen functional groups attached to an aromatic ring is 1. The average molecular weight is 488 g/mol. The number of fused-ring (bicyclic) bond motifs is 1. The number of hydrogen-bond acceptors (Lipinski definition) is 7. The predicted octanol–water partition coefficient (Wildman–Crippen LogP) is 4.92. The first-order chi connectivity index (χ1) is 17.3. The molecule has 0 bridgehead atoms. The second kappa shape index (κ2) is 10.9. The molecule has 2 aromatic carbocycles. The van der Waals surface area contributed by atoms with Gasteiger partial charge in [-0.1, -0.05) is 25.5 Å². The van der Waals surface area contributed by atoms with E-state index in [0.717, 1.165) is 48.6 Å². The molecule has 4 aromatic rings. The van der Waals surface area contributed by atoms with Crippen LogP contribution in [0.1, 0.15) is 18.9 Å². The molecule has 0 saturated heterocycles. The molecular weight excluding hydrogens is 450 g/mol. The average Bonchev–Trinajstić information content (AvgIpc) is 3.19. The van der Waals surface area contributed by atoms with Crippen molar-refractivity contribution in [3.05, 3.63) is 54.4 Å². The summed E-state index contributed by atoms with van der Waals surface area (Å²) in [5.41, 5.74) is 13.2. The van der Waals surface area contributed by atoms with Crippen molar-refractivity contribution >= 4 is 33.9 Å². The van der Waals surface area contributed by atoms with Crippen LogP contribution in [-0.4, -0.2) is 60.8 Å². The van der Waals surface area contributed by atoms with Crippen molar-refractivity contribution in [1.82, 2.24) is 19.4 Å². The van der Waals surface area contributed by atoms with E-state index in [-0.39, 0.29) is 0 Å². The third kappa shape index (κ3) is 5.39. The SMILES string of the molecule is CCCc1ccc2c(-c3ccnc(Nc4cc(N)c(N(C)CCN(C)C)cc4OC)n3)cn(C)c2c1. The summed E-state index contributed by atoms with van der Waals surface area (Å²) in [6.07, 6.45) is 6.11. The number of nitrogens with one attached hydrogen (secondary N) is 1. The number of rotatable bonds is 10. The zero-order valence-electron chi connectivity index (χ0n) is 22.2. The van der Waals surface area contributed by atoms with E-state index >= 15 is 0 Å². The minimum absolute atomic E-state index is 0.485. The lowest BCUT2D eigenvalue weighted by Gasteiger charge is -2.24. The van der Waals surface area contributed by atoms with E-state index in [4.69, 9.17) is 15.5 Å². The Labute approximate surface area is 213 Å². The smallest absolute Gasteiger partial charge is 0.227 e. The third-order valence-electron chi connectivity index (χ3n) is 6.41. The summed E-state index contributed by atoms with van der Waals surface area (Å²) in [5, 5.41) is 4.49. The number of nitrogens with two attached hydrogens (primary N) is 1. The highest BCUT2D eigenvalue weighted by Crippen LogP contribution is 2.36. The first-order valence-corrected chi connectivity index (χ1v) is 12.3.